The van der Waals surface area contributed by atoms with Gasteiger partial charge in [0.1, 0.15) is 0 Å². The Morgan fingerprint density at radius 2 is 1.03 bits per heavy atom. The molecule has 2 nitrogen and oxygen atoms in total. The van der Waals surface area contributed by atoms with Crippen LogP contribution in [0.5, 0.6) is 0 Å². The Morgan fingerprint density at radius 3 is 1.45 bits per heavy atom. The molecule has 164 valence electrons. The van der Waals surface area contributed by atoms with Gasteiger partial charge >= 0.3 is 201 Å². The molecule has 0 amide bonds. The molecular formula is C29H26ClN2P. The molecule has 0 aliphatic heterocycles. The number of benzene rings is 4. The average molecular weight is 469 g/mol. The third-order valence-electron chi connectivity index (χ3n) is 6.57. The zero-order valence-corrected chi connectivity index (χ0v) is 20.2. The van der Waals surface area contributed by atoms with Crippen LogP contribution in [0, 0.1) is 0 Å². The van der Waals surface area contributed by atoms with Crippen molar-refractivity contribution in [2.24, 2.45) is 0 Å². The van der Waals surface area contributed by atoms with Crippen LogP contribution in [-0.4, -0.2) is 10.2 Å². The summed E-state index contributed by atoms with van der Waals surface area (Å²) in [5.74, 6) is 0. The standard InChI is InChI=1S/C29H26ClN2P/c1-22(27-28(31-32-29(27)30)23-14-6-2-7-15-23)33(24-16-8-3-9-17-24,25-18-10-4-11-19-25)26-20-12-5-13-21-26/h2-22,33H,1H3,(H,31,32). The normalized spacial score (nSPS) is 12.9. The summed E-state index contributed by atoms with van der Waals surface area (Å²) in [6.07, 6.45) is 0. The maximum atomic E-state index is 6.86. The molecule has 5 aromatic rings. The Hall–Kier alpha value is -3.19. The third-order valence-corrected chi connectivity index (χ3v) is 12.2. The van der Waals surface area contributed by atoms with E-state index < -0.39 is 7.26 Å². The quantitative estimate of drug-likeness (QED) is 0.282. The number of hydrogen-bond donors (Lipinski definition) is 1. The Labute approximate surface area is 200 Å². The van der Waals surface area contributed by atoms with Crippen LogP contribution in [0.3, 0.4) is 0 Å². The Kier molecular flexibility index (Phi) is 6.13. The first kappa shape index (κ1) is 21.6. The molecule has 0 bridgehead atoms. The van der Waals surface area contributed by atoms with Crippen LogP contribution in [0.15, 0.2) is 121 Å². The van der Waals surface area contributed by atoms with Crippen molar-refractivity contribution >= 4 is 34.8 Å². The second-order valence-corrected chi connectivity index (χ2v) is 12.9. The monoisotopic (exact) mass is 468 g/mol. The first-order chi connectivity index (χ1) is 16.2. The molecule has 0 saturated carbocycles. The van der Waals surface area contributed by atoms with Crippen molar-refractivity contribution in [3.63, 3.8) is 0 Å². The van der Waals surface area contributed by atoms with Crippen molar-refractivity contribution in [1.82, 2.24) is 10.2 Å². The van der Waals surface area contributed by atoms with Crippen LogP contribution >= 0.6 is 18.9 Å². The van der Waals surface area contributed by atoms with Gasteiger partial charge in [0.25, 0.3) is 0 Å². The summed E-state index contributed by atoms with van der Waals surface area (Å²) in [7, 11) is -2.57. The SMILES string of the molecule is CC(c1c(-c2ccccc2)n[nH]c1Cl)[PH](c1ccccc1)(c1ccccc1)c1ccccc1. The summed E-state index contributed by atoms with van der Waals surface area (Å²) in [4.78, 5) is 0. The molecule has 0 radical (unpaired) electrons. The van der Waals surface area contributed by atoms with Crippen molar-refractivity contribution in [2.45, 2.75) is 12.6 Å². The zero-order chi connectivity index (χ0) is 22.7. The van der Waals surface area contributed by atoms with E-state index in [1.165, 1.54) is 15.9 Å². The van der Waals surface area contributed by atoms with Crippen molar-refractivity contribution in [3.05, 3.63) is 132 Å². The molecule has 0 spiro atoms. The van der Waals surface area contributed by atoms with E-state index in [1.54, 1.807) is 0 Å². The third kappa shape index (κ3) is 3.80. The second-order valence-electron chi connectivity index (χ2n) is 8.29. The number of aromatic nitrogens is 2. The molecule has 5 rings (SSSR count). The molecule has 1 atom stereocenters. The van der Waals surface area contributed by atoms with E-state index >= 15 is 0 Å². The van der Waals surface area contributed by atoms with Crippen LogP contribution < -0.4 is 15.9 Å². The van der Waals surface area contributed by atoms with Gasteiger partial charge in [0, 0.05) is 0 Å². The van der Waals surface area contributed by atoms with Gasteiger partial charge < -0.3 is 0 Å². The van der Waals surface area contributed by atoms with Gasteiger partial charge in [0.05, 0.1) is 0 Å². The van der Waals surface area contributed by atoms with Gasteiger partial charge in [0.2, 0.25) is 0 Å². The van der Waals surface area contributed by atoms with E-state index in [4.69, 9.17) is 11.6 Å². The number of nitrogens with one attached hydrogen (secondary N) is 1. The van der Waals surface area contributed by atoms with E-state index in [2.05, 4.69) is 120 Å². The topological polar surface area (TPSA) is 28.7 Å². The summed E-state index contributed by atoms with van der Waals surface area (Å²) < 4.78 is 0. The number of halogens is 1. The minimum absolute atomic E-state index is 0.117. The van der Waals surface area contributed by atoms with Gasteiger partial charge in [-0.2, -0.15) is 0 Å². The Morgan fingerprint density at radius 1 is 0.636 bits per heavy atom. The van der Waals surface area contributed by atoms with Crippen LogP contribution in [0.4, 0.5) is 0 Å². The predicted molar refractivity (Wildman–Crippen MR) is 144 cm³/mol. The molecule has 0 fully saturated rings. The van der Waals surface area contributed by atoms with Crippen molar-refractivity contribution in [2.75, 3.05) is 0 Å². The van der Waals surface area contributed by atoms with Crippen LogP contribution in [-0.2, 0) is 0 Å². The van der Waals surface area contributed by atoms with Crippen LogP contribution in [0.25, 0.3) is 11.3 Å². The summed E-state index contributed by atoms with van der Waals surface area (Å²) in [6, 6.07) is 43.1. The molecule has 0 saturated heterocycles. The maximum absolute atomic E-state index is 6.86. The van der Waals surface area contributed by atoms with Gasteiger partial charge in [0.15, 0.2) is 0 Å². The number of hydrogen-bond acceptors (Lipinski definition) is 1. The van der Waals surface area contributed by atoms with E-state index in [0.717, 1.165) is 16.8 Å². The van der Waals surface area contributed by atoms with E-state index in [0.29, 0.717) is 5.15 Å². The summed E-state index contributed by atoms with van der Waals surface area (Å²) in [6.45, 7) is 2.32. The second kappa shape index (κ2) is 9.35. The van der Waals surface area contributed by atoms with Gasteiger partial charge in [-0.1, -0.05) is 0 Å². The van der Waals surface area contributed by atoms with E-state index in [-0.39, 0.29) is 5.66 Å². The number of rotatable bonds is 6. The summed E-state index contributed by atoms with van der Waals surface area (Å²) >= 11 is 6.86. The first-order valence-electron chi connectivity index (χ1n) is 11.2. The number of H-pyrrole nitrogens is 1. The number of nitrogens with zero attached hydrogens (tertiary/aromatic N) is 1. The molecule has 33 heavy (non-hydrogen) atoms. The number of aromatic amines is 1. The fraction of sp³-hybridized carbons (Fsp3) is 0.0690. The molecule has 4 aromatic carbocycles. The van der Waals surface area contributed by atoms with Gasteiger partial charge in [-0.05, 0) is 0 Å². The fourth-order valence-electron chi connectivity index (χ4n) is 5.11. The van der Waals surface area contributed by atoms with E-state index in [9.17, 15) is 0 Å². The molecule has 1 unspecified atom stereocenters. The molecule has 0 aliphatic rings. The minimum atomic E-state index is -2.57. The molecule has 1 heterocycles. The molecular weight excluding hydrogens is 443 g/mol. The van der Waals surface area contributed by atoms with Gasteiger partial charge in [-0.25, -0.2) is 0 Å². The molecule has 1 N–H and O–H groups in total. The fourth-order valence-corrected chi connectivity index (χ4v) is 10.9. The Bertz CT molecular complexity index is 1220. The average Bonchev–Trinajstić information content (AvgIpc) is 3.28. The zero-order valence-electron chi connectivity index (χ0n) is 18.4. The predicted octanol–water partition coefficient (Wildman–Crippen LogP) is 6.52. The van der Waals surface area contributed by atoms with Crippen molar-refractivity contribution < 1.29 is 0 Å². The van der Waals surface area contributed by atoms with E-state index in [1.807, 2.05) is 18.2 Å². The first-order valence-corrected chi connectivity index (χ1v) is 13.6. The van der Waals surface area contributed by atoms with Crippen LogP contribution in [0.1, 0.15) is 18.1 Å². The Balaban J connectivity index is 1.84. The molecule has 4 heteroatoms. The van der Waals surface area contributed by atoms with Gasteiger partial charge in [-0.15, -0.1) is 0 Å². The van der Waals surface area contributed by atoms with Crippen molar-refractivity contribution in [3.8, 4) is 11.3 Å². The van der Waals surface area contributed by atoms with Crippen LogP contribution in [0.2, 0.25) is 5.15 Å². The summed E-state index contributed by atoms with van der Waals surface area (Å²) in [5, 5.41) is 12.4. The van der Waals surface area contributed by atoms with Crippen molar-refractivity contribution in [1.29, 1.82) is 0 Å². The summed E-state index contributed by atoms with van der Waals surface area (Å²) in [5.41, 5.74) is 3.18. The molecule has 1 aromatic heterocycles. The van der Waals surface area contributed by atoms with Gasteiger partial charge in [-0.3, -0.25) is 0 Å². The molecule has 0 aliphatic carbocycles.